The minimum absolute atomic E-state index is 0.192. The summed E-state index contributed by atoms with van der Waals surface area (Å²) in [5.41, 5.74) is 0. The van der Waals surface area contributed by atoms with Gasteiger partial charge in [-0.25, -0.2) is 9.36 Å². The van der Waals surface area contributed by atoms with E-state index in [1.54, 1.807) is 18.7 Å². The highest BCUT2D eigenvalue weighted by Gasteiger charge is 2.32. The lowest BCUT2D eigenvalue weighted by Gasteiger charge is -2.19. The monoisotopic (exact) mass is 430 g/mol. The number of imide groups is 1. The van der Waals surface area contributed by atoms with E-state index in [0.29, 0.717) is 17.2 Å². The third-order valence-corrected chi connectivity index (χ3v) is 9.16. The molecule has 0 radical (unpaired) electrons. The van der Waals surface area contributed by atoms with Crippen molar-refractivity contribution < 1.29 is 28.0 Å². The van der Waals surface area contributed by atoms with Crippen LogP contribution < -0.4 is 5.32 Å². The molecular weight excluding hydrogens is 407 g/mol. The summed E-state index contributed by atoms with van der Waals surface area (Å²) in [5, 5.41) is 5.67. The number of thioether (sulfide) groups is 2. The Morgan fingerprint density at radius 1 is 1.36 bits per heavy atom. The minimum Gasteiger partial charge on any atom is -0.301 e. The third-order valence-electron chi connectivity index (χ3n) is 2.57. The summed E-state index contributed by atoms with van der Waals surface area (Å²) in [7, 11) is 0. The zero-order chi connectivity index (χ0) is 18.7. The third kappa shape index (κ3) is 9.35. The number of amides is 2. The second-order valence-electron chi connectivity index (χ2n) is 4.70. The zero-order valence-electron chi connectivity index (χ0n) is 14.4. The SMILES string of the molecule is CCCOP(=O)(OCC)S[C@@H](C)C(=O)NC(=O)ON=C1CSCCS1. The normalized spacial score (nSPS) is 19.9. The van der Waals surface area contributed by atoms with Crippen molar-refractivity contribution in [3.8, 4) is 0 Å². The minimum atomic E-state index is -3.46. The van der Waals surface area contributed by atoms with Gasteiger partial charge in [0.2, 0.25) is 5.91 Å². The van der Waals surface area contributed by atoms with Gasteiger partial charge in [-0.05, 0) is 31.7 Å². The maximum atomic E-state index is 12.5. The van der Waals surface area contributed by atoms with Gasteiger partial charge in [0.1, 0.15) is 5.04 Å². The highest BCUT2D eigenvalue weighted by molar-refractivity contribution is 8.55. The van der Waals surface area contributed by atoms with Crippen molar-refractivity contribution in [2.75, 3.05) is 30.5 Å². The Morgan fingerprint density at radius 3 is 2.72 bits per heavy atom. The van der Waals surface area contributed by atoms with Gasteiger partial charge in [-0.3, -0.25) is 14.9 Å². The Bertz CT molecular complexity index is 526. The van der Waals surface area contributed by atoms with Crippen LogP contribution in [0.4, 0.5) is 4.79 Å². The summed E-state index contributed by atoms with van der Waals surface area (Å²) in [6.45, 7) is 2.06. The second kappa shape index (κ2) is 12.2. The van der Waals surface area contributed by atoms with Crippen molar-refractivity contribution >= 4 is 58.7 Å². The average Bonchev–Trinajstić information content (AvgIpc) is 2.59. The van der Waals surface area contributed by atoms with E-state index in [0.717, 1.165) is 22.9 Å². The standard InChI is InChI=1S/C13H23N2O6PS3/c1-4-6-20-22(18,19-5-2)25-10(3)12(16)14-13(17)21-15-11-9-23-7-8-24-11/h10H,4-9H2,1-3H3,(H,14,16,17)/t10-,22?/m0/s1. The van der Waals surface area contributed by atoms with E-state index in [1.807, 2.05) is 6.92 Å². The van der Waals surface area contributed by atoms with Gasteiger partial charge in [0.15, 0.2) is 0 Å². The quantitative estimate of drug-likeness (QED) is 0.333. The van der Waals surface area contributed by atoms with Crippen molar-refractivity contribution in [2.24, 2.45) is 5.16 Å². The number of nitrogens with zero attached hydrogens (tertiary/aromatic N) is 1. The van der Waals surface area contributed by atoms with E-state index >= 15 is 0 Å². The topological polar surface area (TPSA) is 103 Å². The lowest BCUT2D eigenvalue weighted by Crippen LogP contribution is -2.35. The van der Waals surface area contributed by atoms with E-state index in [4.69, 9.17) is 9.05 Å². The molecule has 25 heavy (non-hydrogen) atoms. The molecule has 0 spiro atoms. The number of oxime groups is 1. The van der Waals surface area contributed by atoms with Crippen molar-refractivity contribution in [3.05, 3.63) is 0 Å². The Morgan fingerprint density at radius 2 is 2.12 bits per heavy atom. The molecule has 1 heterocycles. The zero-order valence-corrected chi connectivity index (χ0v) is 17.7. The second-order valence-corrected chi connectivity index (χ2v) is 11.3. The molecule has 1 saturated heterocycles. The van der Waals surface area contributed by atoms with E-state index < -0.39 is 24.0 Å². The summed E-state index contributed by atoms with van der Waals surface area (Å²) in [6.07, 6.45) is -0.303. The highest BCUT2D eigenvalue weighted by atomic mass is 32.7. The first-order chi connectivity index (χ1) is 11.9. The molecule has 0 bridgehead atoms. The van der Waals surface area contributed by atoms with E-state index in [1.165, 1.54) is 18.7 Å². The fourth-order valence-electron chi connectivity index (χ4n) is 1.49. The smallest absolute Gasteiger partial charge is 0.301 e. The van der Waals surface area contributed by atoms with Crippen LogP contribution in [0.5, 0.6) is 0 Å². The molecule has 1 unspecified atom stereocenters. The van der Waals surface area contributed by atoms with Gasteiger partial charge >= 0.3 is 12.9 Å². The highest BCUT2D eigenvalue weighted by Crippen LogP contribution is 2.62. The van der Waals surface area contributed by atoms with Crippen molar-refractivity contribution in [1.29, 1.82) is 0 Å². The van der Waals surface area contributed by atoms with Crippen LogP contribution in [0, 0.1) is 0 Å². The van der Waals surface area contributed by atoms with Gasteiger partial charge in [0.05, 0.1) is 18.5 Å². The molecule has 0 aromatic rings. The molecule has 0 aromatic heterocycles. The van der Waals surface area contributed by atoms with E-state index in [-0.39, 0.29) is 13.2 Å². The van der Waals surface area contributed by atoms with Crippen LogP contribution in [0.3, 0.4) is 0 Å². The largest absolute Gasteiger partial charge is 0.440 e. The van der Waals surface area contributed by atoms with Crippen LogP contribution in [0.15, 0.2) is 5.16 Å². The fourth-order valence-corrected chi connectivity index (χ4v) is 7.39. The number of nitrogens with one attached hydrogen (secondary N) is 1. The number of hydrogen-bond donors (Lipinski definition) is 1. The molecular formula is C13H23N2O6PS3. The lowest BCUT2D eigenvalue weighted by atomic mass is 10.4. The molecule has 8 nitrogen and oxygen atoms in total. The molecule has 1 rings (SSSR count). The summed E-state index contributed by atoms with van der Waals surface area (Å²) >= 11 is 3.97. The Kier molecular flexibility index (Phi) is 11.2. The number of hydrogen-bond acceptors (Lipinski definition) is 10. The molecule has 2 amide bonds. The molecule has 0 aliphatic carbocycles. The summed E-state index contributed by atoms with van der Waals surface area (Å²) in [6, 6.07) is 0. The average molecular weight is 431 g/mol. The predicted molar refractivity (Wildman–Crippen MR) is 104 cm³/mol. The Hall–Kier alpha value is -0.190. The first-order valence-corrected chi connectivity index (χ1v) is 12.9. The van der Waals surface area contributed by atoms with Gasteiger partial charge in [-0.1, -0.05) is 12.1 Å². The number of carbonyl (C=O) groups excluding carboxylic acids is 2. The molecule has 144 valence electrons. The molecule has 0 aromatic carbocycles. The lowest BCUT2D eigenvalue weighted by molar-refractivity contribution is -0.119. The van der Waals surface area contributed by atoms with Gasteiger partial charge < -0.3 is 9.05 Å². The molecule has 1 aliphatic heterocycles. The van der Waals surface area contributed by atoms with Gasteiger partial charge in [-0.15, -0.1) is 11.8 Å². The predicted octanol–water partition coefficient (Wildman–Crippen LogP) is 3.73. The first kappa shape index (κ1) is 22.9. The Labute approximate surface area is 160 Å². The molecule has 1 fully saturated rings. The maximum Gasteiger partial charge on any atom is 0.440 e. The van der Waals surface area contributed by atoms with Crippen molar-refractivity contribution in [2.45, 2.75) is 32.4 Å². The van der Waals surface area contributed by atoms with Crippen LogP contribution in [-0.4, -0.2) is 52.8 Å². The summed E-state index contributed by atoms with van der Waals surface area (Å²) in [4.78, 5) is 28.4. The van der Waals surface area contributed by atoms with E-state index in [9.17, 15) is 14.2 Å². The number of carbonyl (C=O) groups is 2. The molecule has 1 N–H and O–H groups in total. The molecule has 12 heteroatoms. The number of rotatable bonds is 9. The first-order valence-electron chi connectivity index (χ1n) is 7.77. The summed E-state index contributed by atoms with van der Waals surface area (Å²) < 4.78 is 22.9. The Balaban J connectivity index is 2.48. The van der Waals surface area contributed by atoms with E-state index in [2.05, 4.69) is 15.3 Å². The summed E-state index contributed by atoms with van der Waals surface area (Å²) in [5.74, 6) is 1.97. The van der Waals surface area contributed by atoms with Gasteiger partial charge in [-0.2, -0.15) is 11.8 Å². The van der Waals surface area contributed by atoms with Crippen LogP contribution >= 0.6 is 41.7 Å². The fraction of sp³-hybridized carbons (Fsp3) is 0.769. The van der Waals surface area contributed by atoms with Crippen LogP contribution in [0.1, 0.15) is 27.2 Å². The van der Waals surface area contributed by atoms with Crippen LogP contribution in [-0.2, 0) is 23.2 Å². The molecule has 1 aliphatic rings. The van der Waals surface area contributed by atoms with Crippen LogP contribution in [0.25, 0.3) is 0 Å². The van der Waals surface area contributed by atoms with Gasteiger partial charge in [0.25, 0.3) is 0 Å². The maximum absolute atomic E-state index is 12.5. The van der Waals surface area contributed by atoms with Crippen LogP contribution in [0.2, 0.25) is 0 Å². The molecule has 2 atom stereocenters. The molecule has 0 saturated carbocycles. The van der Waals surface area contributed by atoms with Crippen molar-refractivity contribution in [1.82, 2.24) is 5.32 Å². The van der Waals surface area contributed by atoms with Crippen molar-refractivity contribution in [3.63, 3.8) is 0 Å². The van der Waals surface area contributed by atoms with Gasteiger partial charge in [0, 0.05) is 17.3 Å².